The highest BCUT2D eigenvalue weighted by molar-refractivity contribution is 5.78. The SMILES string of the molecule is CC1CCCCC1OC(=O)C(CN)c1ccccc1. The summed E-state index contributed by atoms with van der Waals surface area (Å²) in [5.41, 5.74) is 6.69. The second-order valence-electron chi connectivity index (χ2n) is 5.44. The van der Waals surface area contributed by atoms with Gasteiger partial charge in [0.2, 0.25) is 0 Å². The number of rotatable bonds is 4. The smallest absolute Gasteiger partial charge is 0.314 e. The van der Waals surface area contributed by atoms with Gasteiger partial charge in [0.25, 0.3) is 0 Å². The summed E-state index contributed by atoms with van der Waals surface area (Å²) in [4.78, 5) is 12.3. The molecule has 19 heavy (non-hydrogen) atoms. The second kappa shape index (κ2) is 6.71. The van der Waals surface area contributed by atoms with Gasteiger partial charge in [0.1, 0.15) is 6.10 Å². The maximum Gasteiger partial charge on any atom is 0.314 e. The van der Waals surface area contributed by atoms with Crippen LogP contribution >= 0.6 is 0 Å². The summed E-state index contributed by atoms with van der Waals surface area (Å²) in [6.45, 7) is 2.46. The fraction of sp³-hybridized carbons (Fsp3) is 0.562. The Bertz CT molecular complexity index is 404. The number of carbonyl (C=O) groups is 1. The lowest BCUT2D eigenvalue weighted by Gasteiger charge is -2.29. The van der Waals surface area contributed by atoms with Gasteiger partial charge < -0.3 is 10.5 Å². The molecule has 1 aliphatic carbocycles. The number of hydrogen-bond acceptors (Lipinski definition) is 3. The molecule has 0 spiro atoms. The molecule has 1 aromatic carbocycles. The molecule has 0 bridgehead atoms. The van der Waals surface area contributed by atoms with Gasteiger partial charge in [0, 0.05) is 6.54 Å². The minimum Gasteiger partial charge on any atom is -0.462 e. The van der Waals surface area contributed by atoms with Crippen molar-refractivity contribution in [3.63, 3.8) is 0 Å². The molecule has 0 amide bonds. The third-order valence-electron chi connectivity index (χ3n) is 4.02. The van der Waals surface area contributed by atoms with Crippen LogP contribution in [0.2, 0.25) is 0 Å². The molecule has 104 valence electrons. The van der Waals surface area contributed by atoms with Crippen molar-refractivity contribution in [1.29, 1.82) is 0 Å². The minimum absolute atomic E-state index is 0.0685. The molecule has 2 N–H and O–H groups in total. The van der Waals surface area contributed by atoms with Crippen LogP contribution in [0.15, 0.2) is 30.3 Å². The molecule has 0 heterocycles. The first-order valence-electron chi connectivity index (χ1n) is 7.18. The van der Waals surface area contributed by atoms with Gasteiger partial charge in [-0.3, -0.25) is 4.79 Å². The molecular weight excluding hydrogens is 238 g/mol. The molecule has 1 aliphatic rings. The van der Waals surface area contributed by atoms with Crippen molar-refractivity contribution in [1.82, 2.24) is 0 Å². The molecular formula is C16H23NO2. The highest BCUT2D eigenvalue weighted by Gasteiger charge is 2.28. The number of nitrogens with two attached hydrogens (primary N) is 1. The van der Waals surface area contributed by atoms with Crippen LogP contribution in [-0.4, -0.2) is 18.6 Å². The predicted molar refractivity (Wildman–Crippen MR) is 75.7 cm³/mol. The van der Waals surface area contributed by atoms with Crippen molar-refractivity contribution >= 4 is 5.97 Å². The summed E-state index contributed by atoms with van der Waals surface area (Å²) < 4.78 is 5.69. The molecule has 2 rings (SSSR count). The third-order valence-corrected chi connectivity index (χ3v) is 4.02. The Balaban J connectivity index is 2.01. The van der Waals surface area contributed by atoms with Crippen LogP contribution in [0, 0.1) is 5.92 Å². The van der Waals surface area contributed by atoms with E-state index in [1.54, 1.807) is 0 Å². The lowest BCUT2D eigenvalue weighted by atomic mass is 9.88. The number of esters is 1. The summed E-state index contributed by atoms with van der Waals surface area (Å²) >= 11 is 0. The molecule has 3 atom stereocenters. The van der Waals surface area contributed by atoms with Gasteiger partial charge in [-0.15, -0.1) is 0 Å². The first-order valence-corrected chi connectivity index (χ1v) is 7.18. The highest BCUT2D eigenvalue weighted by Crippen LogP contribution is 2.28. The number of benzene rings is 1. The van der Waals surface area contributed by atoms with Crippen LogP contribution in [0.3, 0.4) is 0 Å². The van der Waals surface area contributed by atoms with E-state index in [0.717, 1.165) is 24.8 Å². The molecule has 3 heteroatoms. The van der Waals surface area contributed by atoms with Crippen molar-refractivity contribution in [3.05, 3.63) is 35.9 Å². The first-order chi connectivity index (χ1) is 9.22. The zero-order chi connectivity index (χ0) is 13.7. The number of hydrogen-bond donors (Lipinski definition) is 1. The molecule has 3 nitrogen and oxygen atoms in total. The molecule has 3 unspecified atom stereocenters. The molecule has 0 aliphatic heterocycles. The van der Waals surface area contributed by atoms with Crippen LogP contribution < -0.4 is 5.73 Å². The molecule has 1 fully saturated rings. The van der Waals surface area contributed by atoms with Gasteiger partial charge in [-0.25, -0.2) is 0 Å². The molecule has 1 aromatic rings. The second-order valence-corrected chi connectivity index (χ2v) is 5.44. The largest absolute Gasteiger partial charge is 0.462 e. The Hall–Kier alpha value is -1.35. The van der Waals surface area contributed by atoms with E-state index in [0.29, 0.717) is 12.5 Å². The van der Waals surface area contributed by atoms with Gasteiger partial charge in [0.15, 0.2) is 0 Å². The molecule has 0 saturated heterocycles. The van der Waals surface area contributed by atoms with Crippen molar-refractivity contribution in [2.45, 2.75) is 44.6 Å². The van der Waals surface area contributed by atoms with Crippen molar-refractivity contribution in [2.24, 2.45) is 11.7 Å². The maximum absolute atomic E-state index is 12.3. The zero-order valence-corrected chi connectivity index (χ0v) is 11.5. The number of ether oxygens (including phenoxy) is 1. The van der Waals surface area contributed by atoms with Gasteiger partial charge in [0.05, 0.1) is 5.92 Å². The maximum atomic E-state index is 12.3. The van der Waals surface area contributed by atoms with Crippen LogP contribution in [0.1, 0.15) is 44.1 Å². The first kappa shape index (κ1) is 14.1. The van der Waals surface area contributed by atoms with Gasteiger partial charge in [-0.2, -0.15) is 0 Å². The quantitative estimate of drug-likeness (QED) is 0.848. The van der Waals surface area contributed by atoms with E-state index in [9.17, 15) is 4.79 Å². The fourth-order valence-electron chi connectivity index (χ4n) is 2.74. The topological polar surface area (TPSA) is 52.3 Å². The zero-order valence-electron chi connectivity index (χ0n) is 11.5. The van der Waals surface area contributed by atoms with Crippen LogP contribution in [0.5, 0.6) is 0 Å². The minimum atomic E-state index is -0.338. The summed E-state index contributed by atoms with van der Waals surface area (Å²) in [6.07, 6.45) is 4.60. The average molecular weight is 261 g/mol. The monoisotopic (exact) mass is 261 g/mol. The van der Waals surface area contributed by atoms with E-state index in [-0.39, 0.29) is 18.0 Å². The Kier molecular flexibility index (Phi) is 4.97. The number of carbonyl (C=O) groups excluding carboxylic acids is 1. The lowest BCUT2D eigenvalue weighted by Crippen LogP contribution is -2.32. The average Bonchev–Trinajstić information content (AvgIpc) is 2.43. The van der Waals surface area contributed by atoms with E-state index < -0.39 is 0 Å². The van der Waals surface area contributed by atoms with E-state index in [4.69, 9.17) is 10.5 Å². The predicted octanol–water partition coefficient (Wildman–Crippen LogP) is 2.85. The van der Waals surface area contributed by atoms with Crippen LogP contribution in [-0.2, 0) is 9.53 Å². The lowest BCUT2D eigenvalue weighted by molar-refractivity contribution is -0.154. The van der Waals surface area contributed by atoms with E-state index in [2.05, 4.69) is 6.92 Å². The van der Waals surface area contributed by atoms with Crippen LogP contribution in [0.4, 0.5) is 0 Å². The standard InChI is InChI=1S/C16H23NO2/c1-12-7-5-6-10-15(12)19-16(18)14(11-17)13-8-3-2-4-9-13/h2-4,8-9,12,14-15H,5-7,10-11,17H2,1H3. The Morgan fingerprint density at radius 3 is 2.63 bits per heavy atom. The van der Waals surface area contributed by atoms with Crippen LogP contribution in [0.25, 0.3) is 0 Å². The molecule has 0 aromatic heterocycles. The van der Waals surface area contributed by atoms with Crippen molar-refractivity contribution in [2.75, 3.05) is 6.54 Å². The highest BCUT2D eigenvalue weighted by atomic mass is 16.5. The van der Waals surface area contributed by atoms with Crippen molar-refractivity contribution in [3.8, 4) is 0 Å². The Morgan fingerprint density at radius 2 is 2.00 bits per heavy atom. The Labute approximate surface area is 115 Å². The van der Waals surface area contributed by atoms with Crippen molar-refractivity contribution < 1.29 is 9.53 Å². The fourth-order valence-corrected chi connectivity index (χ4v) is 2.74. The van der Waals surface area contributed by atoms with E-state index in [1.807, 2.05) is 30.3 Å². The molecule has 1 saturated carbocycles. The summed E-state index contributed by atoms with van der Waals surface area (Å²) in [5.74, 6) is -0.0466. The third kappa shape index (κ3) is 3.57. The Morgan fingerprint density at radius 1 is 1.32 bits per heavy atom. The summed E-state index contributed by atoms with van der Waals surface area (Å²) in [7, 11) is 0. The van der Waals surface area contributed by atoms with Gasteiger partial charge in [-0.05, 0) is 30.7 Å². The van der Waals surface area contributed by atoms with Gasteiger partial charge >= 0.3 is 5.97 Å². The summed E-state index contributed by atoms with van der Waals surface area (Å²) in [6, 6.07) is 9.65. The van der Waals surface area contributed by atoms with E-state index >= 15 is 0 Å². The molecule has 0 radical (unpaired) electrons. The summed E-state index contributed by atoms with van der Waals surface area (Å²) in [5, 5.41) is 0. The van der Waals surface area contributed by atoms with Gasteiger partial charge in [-0.1, -0.05) is 43.7 Å². The normalized spacial score (nSPS) is 24.7. The van der Waals surface area contributed by atoms with E-state index in [1.165, 1.54) is 6.42 Å².